The van der Waals surface area contributed by atoms with E-state index in [9.17, 15) is 22.0 Å². The van der Waals surface area contributed by atoms with Crippen LogP contribution in [-0.2, 0) is 22.7 Å². The number of nitrogens with one attached hydrogen (secondary N) is 2. The van der Waals surface area contributed by atoms with Crippen LogP contribution >= 0.6 is 9.24 Å². The number of aromatic nitrogens is 2. The molecule has 0 fully saturated rings. The third-order valence-electron chi connectivity index (χ3n) is 4.73. The number of alkyl halides is 2. The van der Waals surface area contributed by atoms with Crippen molar-refractivity contribution in [3.63, 3.8) is 0 Å². The molecular weight excluding hydrogens is 457 g/mol. The summed E-state index contributed by atoms with van der Waals surface area (Å²) in [4.78, 5) is 12.4. The van der Waals surface area contributed by atoms with E-state index in [1.54, 1.807) is 19.2 Å². The maximum Gasteiger partial charge on any atom is 0.283 e. The summed E-state index contributed by atoms with van der Waals surface area (Å²) in [7, 11) is -1.01. The van der Waals surface area contributed by atoms with Crippen LogP contribution in [0.15, 0.2) is 59.6 Å². The van der Waals surface area contributed by atoms with Gasteiger partial charge in [0.2, 0.25) is 0 Å². The smallest absolute Gasteiger partial charge is 0.283 e. The zero-order chi connectivity index (χ0) is 23.7. The van der Waals surface area contributed by atoms with Gasteiger partial charge < -0.3 is 5.32 Å². The molecule has 0 saturated heterocycles. The first-order valence-corrected chi connectivity index (χ1v) is 11.7. The fourth-order valence-corrected chi connectivity index (χ4v) is 4.69. The summed E-state index contributed by atoms with van der Waals surface area (Å²) in [5, 5.41) is 6.68. The van der Waals surface area contributed by atoms with E-state index in [2.05, 4.69) is 15.1 Å². The minimum absolute atomic E-state index is 0.00549. The molecule has 2 aromatic carbocycles. The zero-order valence-electron chi connectivity index (χ0n) is 17.6. The summed E-state index contributed by atoms with van der Waals surface area (Å²) in [6, 6.07) is 11.0. The van der Waals surface area contributed by atoms with Gasteiger partial charge in [-0.1, -0.05) is 35.2 Å². The number of carbonyl (C=O) groups is 1. The minimum Gasteiger partial charge on any atom is -0.321 e. The SMILES string of the molecule is CC(C)c1cc(NC(=O)c2ccnn2C)ccc1S(=O)(=O)Nc1cccc(C(F)(F)P)c1. The quantitative estimate of drug-likeness (QED) is 0.487. The van der Waals surface area contributed by atoms with Crippen LogP contribution in [0.4, 0.5) is 20.2 Å². The number of hydrogen-bond donors (Lipinski definition) is 2. The number of nitrogens with zero attached hydrogens (tertiary/aromatic N) is 2. The van der Waals surface area contributed by atoms with Gasteiger partial charge in [0.1, 0.15) is 5.69 Å². The highest BCUT2D eigenvalue weighted by Crippen LogP contribution is 2.36. The molecule has 3 rings (SSSR count). The molecule has 1 heterocycles. The van der Waals surface area contributed by atoms with Crippen molar-refractivity contribution >= 4 is 36.5 Å². The first-order chi connectivity index (χ1) is 14.9. The molecule has 0 saturated carbocycles. The number of amides is 1. The van der Waals surface area contributed by atoms with Crippen LogP contribution in [0.1, 0.15) is 41.4 Å². The molecule has 1 unspecified atom stereocenters. The molecule has 7 nitrogen and oxygen atoms in total. The van der Waals surface area contributed by atoms with Crippen molar-refractivity contribution in [2.45, 2.75) is 30.3 Å². The average molecular weight is 480 g/mol. The van der Waals surface area contributed by atoms with Gasteiger partial charge in [-0.3, -0.25) is 14.2 Å². The molecule has 3 aromatic rings. The standard InChI is InChI=1S/C21H23F2N4O3PS/c1-13(2)17-12-15(25-20(28)18-9-10-24-27(18)3)7-8-19(17)32(29,30)26-16-6-4-5-14(11-16)21(22,23)31/h4-13,26H,31H2,1-3H3,(H,25,28). The molecule has 1 aromatic heterocycles. The van der Waals surface area contributed by atoms with E-state index in [1.165, 1.54) is 50.5 Å². The summed E-state index contributed by atoms with van der Waals surface area (Å²) in [5.74, 6) is -0.582. The molecule has 0 spiro atoms. The van der Waals surface area contributed by atoms with Gasteiger partial charge in [0.15, 0.2) is 0 Å². The Labute approximate surface area is 187 Å². The number of aryl methyl sites for hydroxylation is 1. The Kier molecular flexibility index (Phi) is 6.67. The van der Waals surface area contributed by atoms with Gasteiger partial charge in [-0.2, -0.15) is 13.9 Å². The molecule has 0 radical (unpaired) electrons. The molecule has 0 bridgehead atoms. The van der Waals surface area contributed by atoms with E-state index < -0.39 is 15.7 Å². The van der Waals surface area contributed by atoms with Gasteiger partial charge in [0, 0.05) is 30.2 Å². The fourth-order valence-electron chi connectivity index (χ4n) is 3.11. The van der Waals surface area contributed by atoms with Crippen molar-refractivity contribution in [1.29, 1.82) is 0 Å². The number of halogens is 2. The summed E-state index contributed by atoms with van der Waals surface area (Å²) in [6.45, 7) is 3.63. The van der Waals surface area contributed by atoms with Crippen LogP contribution in [0.3, 0.4) is 0 Å². The number of rotatable bonds is 7. The van der Waals surface area contributed by atoms with Crippen LogP contribution < -0.4 is 10.0 Å². The van der Waals surface area contributed by atoms with Crippen LogP contribution in [0.25, 0.3) is 0 Å². The van der Waals surface area contributed by atoms with E-state index in [0.29, 0.717) is 16.9 Å². The molecule has 1 amide bonds. The maximum atomic E-state index is 13.6. The van der Waals surface area contributed by atoms with Crippen molar-refractivity contribution in [2.24, 2.45) is 7.05 Å². The van der Waals surface area contributed by atoms with Gasteiger partial charge in [-0.05, 0) is 47.9 Å². The fraction of sp³-hybridized carbons (Fsp3) is 0.238. The Balaban J connectivity index is 1.91. The Bertz CT molecular complexity index is 1250. The van der Waals surface area contributed by atoms with E-state index in [-0.39, 0.29) is 28.0 Å². The summed E-state index contributed by atoms with van der Waals surface area (Å²) in [5.41, 5.74) is -2.26. The molecule has 0 aliphatic heterocycles. The van der Waals surface area contributed by atoms with Crippen LogP contribution in [0.2, 0.25) is 0 Å². The molecular formula is C21H23F2N4O3PS. The summed E-state index contributed by atoms with van der Waals surface area (Å²) in [6.07, 6.45) is 1.50. The number of carbonyl (C=O) groups excluding carboxylic acids is 1. The van der Waals surface area contributed by atoms with Gasteiger partial charge >= 0.3 is 0 Å². The second kappa shape index (κ2) is 8.96. The Morgan fingerprint density at radius 3 is 2.44 bits per heavy atom. The molecule has 0 aliphatic rings. The van der Waals surface area contributed by atoms with Crippen molar-refractivity contribution in [3.05, 3.63) is 71.5 Å². The minimum atomic E-state index is -4.07. The summed E-state index contributed by atoms with van der Waals surface area (Å²) < 4.78 is 57.1. The Morgan fingerprint density at radius 2 is 1.84 bits per heavy atom. The predicted molar refractivity (Wildman–Crippen MR) is 123 cm³/mol. The summed E-state index contributed by atoms with van der Waals surface area (Å²) >= 11 is 0. The second-order valence-corrected chi connectivity index (χ2v) is 9.89. The van der Waals surface area contributed by atoms with Crippen molar-refractivity contribution in [3.8, 4) is 0 Å². The van der Waals surface area contributed by atoms with Crippen LogP contribution in [0.5, 0.6) is 0 Å². The first-order valence-electron chi connectivity index (χ1n) is 9.62. The molecule has 0 aliphatic carbocycles. The normalized spacial score (nSPS) is 12.1. The lowest BCUT2D eigenvalue weighted by Crippen LogP contribution is -2.18. The Morgan fingerprint density at radius 1 is 1.12 bits per heavy atom. The van der Waals surface area contributed by atoms with Crippen molar-refractivity contribution < 1.29 is 22.0 Å². The van der Waals surface area contributed by atoms with Gasteiger partial charge in [-0.25, -0.2) is 8.42 Å². The molecule has 170 valence electrons. The molecule has 11 heteroatoms. The van der Waals surface area contributed by atoms with E-state index in [0.717, 1.165) is 6.07 Å². The lowest BCUT2D eigenvalue weighted by Gasteiger charge is -2.17. The third kappa shape index (κ3) is 5.31. The number of anilines is 2. The highest BCUT2D eigenvalue weighted by molar-refractivity contribution is 7.92. The van der Waals surface area contributed by atoms with Crippen molar-refractivity contribution in [2.75, 3.05) is 10.0 Å². The first kappa shape index (κ1) is 23.8. The zero-order valence-corrected chi connectivity index (χ0v) is 19.6. The van der Waals surface area contributed by atoms with Crippen LogP contribution in [-0.4, -0.2) is 24.1 Å². The maximum absolute atomic E-state index is 13.6. The largest absolute Gasteiger partial charge is 0.321 e. The number of benzene rings is 2. The van der Waals surface area contributed by atoms with E-state index in [1.807, 2.05) is 13.8 Å². The lowest BCUT2D eigenvalue weighted by atomic mass is 10.0. The van der Waals surface area contributed by atoms with E-state index >= 15 is 0 Å². The highest BCUT2D eigenvalue weighted by Gasteiger charge is 2.26. The highest BCUT2D eigenvalue weighted by atomic mass is 32.2. The molecule has 1 atom stereocenters. The van der Waals surface area contributed by atoms with Gasteiger partial charge in [0.05, 0.1) is 4.90 Å². The van der Waals surface area contributed by atoms with Crippen LogP contribution in [0, 0.1) is 0 Å². The van der Waals surface area contributed by atoms with E-state index in [4.69, 9.17) is 0 Å². The topological polar surface area (TPSA) is 93.1 Å². The average Bonchev–Trinajstić information content (AvgIpc) is 3.13. The predicted octanol–water partition coefficient (Wildman–Crippen LogP) is 4.52. The molecule has 2 N–H and O–H groups in total. The molecule has 32 heavy (non-hydrogen) atoms. The number of hydrogen-bond acceptors (Lipinski definition) is 4. The lowest BCUT2D eigenvalue weighted by molar-refractivity contribution is 0.101. The second-order valence-electron chi connectivity index (χ2n) is 7.51. The van der Waals surface area contributed by atoms with Gasteiger partial charge in [0.25, 0.3) is 21.6 Å². The van der Waals surface area contributed by atoms with Gasteiger partial charge in [-0.15, -0.1) is 0 Å². The Hall–Kier alpha value is -2.84. The monoisotopic (exact) mass is 480 g/mol. The third-order valence-corrected chi connectivity index (χ3v) is 6.52. The van der Waals surface area contributed by atoms with Crippen molar-refractivity contribution in [1.82, 2.24) is 9.78 Å². The number of sulfonamides is 1.